The lowest BCUT2D eigenvalue weighted by Gasteiger charge is -2.15. The summed E-state index contributed by atoms with van der Waals surface area (Å²) in [5.74, 6) is 0.465. The molecule has 0 aliphatic rings. The maximum absolute atomic E-state index is 12.6. The fourth-order valence-corrected chi connectivity index (χ4v) is 2.61. The van der Waals surface area contributed by atoms with Crippen LogP contribution in [0.4, 0.5) is 8.78 Å². The smallest absolute Gasteiger partial charge is 0.387 e. The van der Waals surface area contributed by atoms with Crippen molar-refractivity contribution in [3.63, 3.8) is 0 Å². The predicted molar refractivity (Wildman–Crippen MR) is 105 cm³/mol. The second kappa shape index (κ2) is 10.2. The van der Waals surface area contributed by atoms with Crippen LogP contribution in [0.15, 0.2) is 47.5 Å². The quantitative estimate of drug-likeness (QED) is 0.502. The zero-order valence-electron chi connectivity index (χ0n) is 16.1. The summed E-state index contributed by atoms with van der Waals surface area (Å²) in [6.45, 7) is -0.297. The van der Waals surface area contributed by atoms with E-state index in [1.165, 1.54) is 6.07 Å². The van der Waals surface area contributed by atoms with E-state index in [2.05, 4.69) is 25.7 Å². The number of amides is 1. The molecule has 0 heterocycles. The molecule has 0 bridgehead atoms. The summed E-state index contributed by atoms with van der Waals surface area (Å²) in [5, 5.41) is 8.80. The second-order valence-electron chi connectivity index (χ2n) is 6.05. The van der Waals surface area contributed by atoms with Gasteiger partial charge in [0.1, 0.15) is 5.75 Å². The van der Waals surface area contributed by atoms with Gasteiger partial charge in [0.05, 0.1) is 0 Å². The monoisotopic (exact) mass is 390 g/mol. The first-order valence-electron chi connectivity index (χ1n) is 8.72. The number of carbonyl (C=O) groups excluding carboxylic acids is 1. The van der Waals surface area contributed by atoms with Crippen LogP contribution in [-0.4, -0.2) is 32.6 Å². The summed E-state index contributed by atoms with van der Waals surface area (Å²) < 4.78 is 29.7. The maximum atomic E-state index is 12.6. The maximum Gasteiger partial charge on any atom is 0.387 e. The number of halogens is 2. The lowest BCUT2D eigenvalue weighted by Crippen LogP contribution is -2.36. The van der Waals surface area contributed by atoms with Crippen molar-refractivity contribution in [2.45, 2.75) is 26.6 Å². The number of nitrogens with one attached hydrogen (secondary N) is 3. The molecule has 6 nitrogen and oxygen atoms in total. The lowest BCUT2D eigenvalue weighted by atomic mass is 10.1. The SMILES string of the molecule is CN=C(NCc1cccc(C(=O)NC)c1)NCc1cc(C)ccc1OC(F)F. The number of benzene rings is 2. The number of alkyl halides is 2. The van der Waals surface area contributed by atoms with Crippen molar-refractivity contribution >= 4 is 11.9 Å². The van der Waals surface area contributed by atoms with Crippen molar-refractivity contribution in [3.8, 4) is 5.75 Å². The van der Waals surface area contributed by atoms with Gasteiger partial charge in [-0.3, -0.25) is 9.79 Å². The Labute approximate surface area is 163 Å². The molecule has 0 aliphatic carbocycles. The molecule has 8 heteroatoms. The average Bonchev–Trinajstić information content (AvgIpc) is 2.69. The van der Waals surface area contributed by atoms with Crippen molar-refractivity contribution in [2.24, 2.45) is 4.99 Å². The first-order chi connectivity index (χ1) is 13.4. The third-order valence-electron chi connectivity index (χ3n) is 3.98. The first-order valence-corrected chi connectivity index (χ1v) is 8.72. The van der Waals surface area contributed by atoms with Crippen LogP contribution in [0.2, 0.25) is 0 Å². The van der Waals surface area contributed by atoms with Crippen LogP contribution in [0.5, 0.6) is 5.75 Å². The number of ether oxygens (including phenoxy) is 1. The molecule has 0 radical (unpaired) electrons. The first kappa shape index (κ1) is 21.1. The number of nitrogens with zero attached hydrogens (tertiary/aromatic N) is 1. The Balaban J connectivity index is 1.99. The fraction of sp³-hybridized carbons (Fsp3) is 0.300. The van der Waals surface area contributed by atoms with E-state index in [0.29, 0.717) is 23.6 Å². The number of hydrogen-bond acceptors (Lipinski definition) is 3. The minimum absolute atomic E-state index is 0.127. The third-order valence-corrected chi connectivity index (χ3v) is 3.98. The summed E-state index contributed by atoms with van der Waals surface area (Å²) in [4.78, 5) is 15.9. The van der Waals surface area contributed by atoms with E-state index in [4.69, 9.17) is 0 Å². The summed E-state index contributed by atoms with van der Waals surface area (Å²) in [7, 11) is 3.19. The number of aliphatic imine (C=N–C) groups is 1. The highest BCUT2D eigenvalue weighted by Gasteiger charge is 2.11. The minimum Gasteiger partial charge on any atom is -0.434 e. The predicted octanol–water partition coefficient (Wildman–Crippen LogP) is 2.82. The number of hydrogen-bond donors (Lipinski definition) is 3. The highest BCUT2D eigenvalue weighted by Crippen LogP contribution is 2.22. The Morgan fingerprint density at radius 3 is 2.57 bits per heavy atom. The van der Waals surface area contributed by atoms with Crippen molar-refractivity contribution < 1.29 is 18.3 Å². The Morgan fingerprint density at radius 1 is 1.14 bits per heavy atom. The van der Waals surface area contributed by atoms with Crippen molar-refractivity contribution in [1.82, 2.24) is 16.0 Å². The Morgan fingerprint density at radius 2 is 1.89 bits per heavy atom. The van der Waals surface area contributed by atoms with Gasteiger partial charge in [-0.15, -0.1) is 0 Å². The van der Waals surface area contributed by atoms with Crippen molar-refractivity contribution in [1.29, 1.82) is 0 Å². The molecule has 150 valence electrons. The second-order valence-corrected chi connectivity index (χ2v) is 6.05. The van der Waals surface area contributed by atoms with Gasteiger partial charge in [-0.25, -0.2) is 0 Å². The molecule has 2 aromatic carbocycles. The van der Waals surface area contributed by atoms with Crippen molar-refractivity contribution in [2.75, 3.05) is 14.1 Å². The Bertz CT molecular complexity index is 841. The van der Waals surface area contributed by atoms with Gasteiger partial charge in [-0.2, -0.15) is 8.78 Å². The normalized spacial score (nSPS) is 11.3. The summed E-state index contributed by atoms with van der Waals surface area (Å²) in [6, 6.07) is 12.2. The van der Waals surface area contributed by atoms with Gasteiger partial charge < -0.3 is 20.7 Å². The van der Waals surface area contributed by atoms with Gasteiger partial charge in [-0.1, -0.05) is 29.8 Å². The molecule has 0 spiro atoms. The average molecular weight is 390 g/mol. The van der Waals surface area contributed by atoms with Crippen LogP contribution in [-0.2, 0) is 13.1 Å². The van der Waals surface area contributed by atoms with Crippen LogP contribution in [0.1, 0.15) is 27.0 Å². The minimum atomic E-state index is -2.88. The topological polar surface area (TPSA) is 74.8 Å². The molecule has 28 heavy (non-hydrogen) atoms. The Hall–Kier alpha value is -3.16. The van der Waals surface area contributed by atoms with Gasteiger partial charge in [0, 0.05) is 38.3 Å². The lowest BCUT2D eigenvalue weighted by molar-refractivity contribution is -0.0504. The molecule has 3 N–H and O–H groups in total. The molecule has 0 fully saturated rings. The summed E-state index contributed by atoms with van der Waals surface area (Å²) in [6.07, 6.45) is 0. The van der Waals surface area contributed by atoms with Crippen LogP contribution < -0.4 is 20.7 Å². The van der Waals surface area contributed by atoms with E-state index in [9.17, 15) is 13.6 Å². The molecule has 0 atom stereocenters. The molecular weight excluding hydrogens is 366 g/mol. The van der Waals surface area contributed by atoms with E-state index < -0.39 is 6.61 Å². The standard InChI is InChI=1S/C20H24F2N4O2/c1-13-7-8-17(28-19(21)22)16(9-13)12-26-20(24-3)25-11-14-5-4-6-15(10-14)18(27)23-2/h4-10,19H,11-12H2,1-3H3,(H,23,27)(H2,24,25,26). The highest BCUT2D eigenvalue weighted by molar-refractivity contribution is 5.94. The van der Waals surface area contributed by atoms with Gasteiger partial charge in [0.15, 0.2) is 5.96 Å². The summed E-state index contributed by atoms with van der Waals surface area (Å²) in [5.41, 5.74) is 3.01. The highest BCUT2D eigenvalue weighted by atomic mass is 19.3. The molecule has 0 aliphatic heterocycles. The van der Waals surface area contributed by atoms with Gasteiger partial charge in [0.2, 0.25) is 0 Å². The zero-order valence-corrected chi connectivity index (χ0v) is 16.1. The molecule has 2 rings (SSSR count). The number of rotatable bonds is 7. The van der Waals surface area contributed by atoms with Gasteiger partial charge in [0.25, 0.3) is 5.91 Å². The fourth-order valence-electron chi connectivity index (χ4n) is 2.61. The number of aryl methyl sites for hydroxylation is 1. The molecule has 0 saturated heterocycles. The number of carbonyl (C=O) groups is 1. The zero-order chi connectivity index (χ0) is 20.5. The van der Waals surface area contributed by atoms with E-state index in [-0.39, 0.29) is 18.2 Å². The van der Waals surface area contributed by atoms with Crippen LogP contribution >= 0.6 is 0 Å². The van der Waals surface area contributed by atoms with Crippen LogP contribution in [0.25, 0.3) is 0 Å². The third kappa shape index (κ3) is 6.22. The van der Waals surface area contributed by atoms with E-state index in [0.717, 1.165) is 11.1 Å². The van der Waals surface area contributed by atoms with E-state index in [1.54, 1.807) is 44.4 Å². The van der Waals surface area contributed by atoms with Gasteiger partial charge in [-0.05, 0) is 30.7 Å². The largest absolute Gasteiger partial charge is 0.434 e. The van der Waals surface area contributed by atoms with E-state index in [1.807, 2.05) is 13.0 Å². The van der Waals surface area contributed by atoms with Crippen molar-refractivity contribution in [3.05, 3.63) is 64.7 Å². The summed E-state index contributed by atoms with van der Waals surface area (Å²) >= 11 is 0. The molecular formula is C20H24F2N4O2. The van der Waals surface area contributed by atoms with Gasteiger partial charge >= 0.3 is 6.61 Å². The number of guanidine groups is 1. The molecule has 0 aromatic heterocycles. The molecule has 0 saturated carbocycles. The van der Waals surface area contributed by atoms with E-state index >= 15 is 0 Å². The van der Waals surface area contributed by atoms with Crippen LogP contribution in [0, 0.1) is 6.92 Å². The Kier molecular flexibility index (Phi) is 7.74. The molecule has 2 aromatic rings. The van der Waals surface area contributed by atoms with Crippen LogP contribution in [0.3, 0.4) is 0 Å². The molecule has 0 unspecified atom stereocenters. The molecule has 1 amide bonds.